The molecule has 0 aliphatic heterocycles. The van der Waals surface area contributed by atoms with E-state index in [0.717, 1.165) is 57.0 Å². The van der Waals surface area contributed by atoms with Crippen LogP contribution >= 0.6 is 0 Å². The first-order valence-electron chi connectivity index (χ1n) is 22.0. The number of hydrogen-bond donors (Lipinski definition) is 3. The summed E-state index contributed by atoms with van der Waals surface area (Å²) in [6.07, 6.45) is 6.05. The third kappa shape index (κ3) is 8.98. The van der Waals surface area contributed by atoms with Gasteiger partial charge in [-0.2, -0.15) is 0 Å². The Hall–Kier alpha value is -5.82. The molecule has 0 spiro atoms. The van der Waals surface area contributed by atoms with E-state index >= 15 is 0 Å². The van der Waals surface area contributed by atoms with Crippen LogP contribution in [0, 0.1) is 5.41 Å². The zero-order chi connectivity index (χ0) is 42.6. The van der Waals surface area contributed by atoms with E-state index in [9.17, 15) is 19.8 Å². The van der Waals surface area contributed by atoms with E-state index in [-0.39, 0.29) is 30.3 Å². The quantitative estimate of drug-likeness (QED) is 0.100. The van der Waals surface area contributed by atoms with Crippen molar-refractivity contribution in [1.82, 2.24) is 10.2 Å². The average molecular weight is 811 g/mol. The second kappa shape index (κ2) is 18.0. The van der Waals surface area contributed by atoms with Gasteiger partial charge in [-0.05, 0) is 115 Å². The smallest absolute Gasteiger partial charge is 0.318 e. The van der Waals surface area contributed by atoms with Gasteiger partial charge in [0, 0.05) is 23.1 Å². The zero-order valence-corrected chi connectivity index (χ0v) is 35.7. The monoisotopic (exact) mass is 810 g/mol. The summed E-state index contributed by atoms with van der Waals surface area (Å²) in [5.41, 5.74) is 6.38. The van der Waals surface area contributed by atoms with Gasteiger partial charge in [0.25, 0.3) is 0 Å². The van der Waals surface area contributed by atoms with Gasteiger partial charge >= 0.3 is 6.03 Å². The van der Waals surface area contributed by atoms with E-state index in [2.05, 4.69) is 73.8 Å². The molecule has 1 saturated carbocycles. The lowest BCUT2D eigenvalue weighted by atomic mass is 9.64. The normalized spacial score (nSPS) is 22.1. The molecule has 2 amide bonds. The number of hydrogen-bond acceptors (Lipinski definition) is 4. The summed E-state index contributed by atoms with van der Waals surface area (Å²) in [7, 11) is 0. The van der Waals surface area contributed by atoms with Crippen LogP contribution in [0.2, 0.25) is 0 Å². The number of carbonyl (C=O) groups excluding carboxylic acids is 2. The van der Waals surface area contributed by atoms with E-state index in [0.29, 0.717) is 49.8 Å². The molecule has 3 aliphatic carbocycles. The molecule has 312 valence electrons. The number of aliphatic hydroxyl groups is 2. The molecule has 0 radical (unpaired) electrons. The van der Waals surface area contributed by atoms with Crippen molar-refractivity contribution in [2.45, 2.75) is 95.9 Å². The van der Waals surface area contributed by atoms with Gasteiger partial charge in [0.1, 0.15) is 0 Å². The first-order chi connectivity index (χ1) is 29.5. The van der Waals surface area contributed by atoms with Gasteiger partial charge in [-0.1, -0.05) is 158 Å². The molecular formula is C55H58N2O4. The number of allylic oxidation sites excluding steroid dienone is 2. The summed E-state index contributed by atoms with van der Waals surface area (Å²) in [5, 5.41) is 30.0. The zero-order valence-electron chi connectivity index (χ0n) is 35.7. The van der Waals surface area contributed by atoms with Crippen LogP contribution in [0.25, 0.3) is 21.9 Å². The number of aliphatic hydroxyl groups excluding tert-OH is 1. The van der Waals surface area contributed by atoms with Crippen LogP contribution in [0.1, 0.15) is 109 Å². The highest BCUT2D eigenvalue weighted by molar-refractivity contribution is 6.10. The molecule has 6 aromatic carbocycles. The number of nitrogens with one attached hydrogen (secondary N) is 1. The lowest BCUT2D eigenvalue weighted by Gasteiger charge is -2.46. The van der Waals surface area contributed by atoms with Crippen molar-refractivity contribution in [3.63, 3.8) is 0 Å². The lowest BCUT2D eigenvalue weighted by Crippen LogP contribution is -2.55. The maximum Gasteiger partial charge on any atom is 0.318 e. The molecule has 0 saturated heterocycles. The number of fused-ring (bicyclic) bond motifs is 9. The Morgan fingerprint density at radius 1 is 0.803 bits per heavy atom. The number of ketones is 1. The summed E-state index contributed by atoms with van der Waals surface area (Å²) in [5.74, 6) is -0.250. The van der Waals surface area contributed by atoms with Crippen LogP contribution in [0.5, 0.6) is 0 Å². The second-order valence-corrected chi connectivity index (χ2v) is 17.8. The molecule has 5 unspecified atom stereocenters. The molecule has 0 aromatic heterocycles. The Morgan fingerprint density at radius 3 is 2.26 bits per heavy atom. The maximum atomic E-state index is 14.8. The standard InChI is InChI=1S/C55H58N2O4/c1-38-14-13-32-54(3)51(49-30-24-40(34-47(58)29-23-38)35-50(49)52(59)45-27-25-43(26-28-45)42-17-8-5-9-18-42)31-33-55(54,61)37-57(53(60)56-39(2)41-15-6-4-7-16-41)36-46-21-12-20-44-19-10-11-22-48(44)46/h4-12,14-22,24-28,30,35,39,47,51,58,61H,13,23,29,31-34,36-37H2,1-3H3,(H,56,60). The average Bonchev–Trinajstić information content (AvgIpc) is 3.54. The Kier molecular flexibility index (Phi) is 12.4. The largest absolute Gasteiger partial charge is 0.393 e. The highest BCUT2D eigenvalue weighted by Gasteiger charge is 2.57. The van der Waals surface area contributed by atoms with Crippen molar-refractivity contribution in [2.75, 3.05) is 6.54 Å². The second-order valence-electron chi connectivity index (χ2n) is 17.8. The third-order valence-corrected chi connectivity index (χ3v) is 13.8. The molecule has 6 aromatic rings. The number of nitrogens with zero attached hydrogens (tertiary/aromatic N) is 1. The third-order valence-electron chi connectivity index (χ3n) is 13.8. The molecule has 3 N–H and O–H groups in total. The van der Waals surface area contributed by atoms with Crippen molar-refractivity contribution < 1.29 is 19.8 Å². The van der Waals surface area contributed by atoms with Crippen LogP contribution in [0.4, 0.5) is 4.79 Å². The molecule has 0 heterocycles. The van der Waals surface area contributed by atoms with Gasteiger partial charge in [-0.15, -0.1) is 0 Å². The maximum absolute atomic E-state index is 14.8. The number of amides is 2. The topological polar surface area (TPSA) is 89.9 Å². The van der Waals surface area contributed by atoms with Crippen LogP contribution < -0.4 is 5.32 Å². The van der Waals surface area contributed by atoms with Crippen molar-refractivity contribution in [2.24, 2.45) is 5.41 Å². The highest BCUT2D eigenvalue weighted by atomic mass is 16.3. The van der Waals surface area contributed by atoms with Crippen molar-refractivity contribution in [3.05, 3.63) is 191 Å². The summed E-state index contributed by atoms with van der Waals surface area (Å²) in [6.45, 7) is 6.73. The molecule has 6 heteroatoms. The Labute approximate surface area is 361 Å². The van der Waals surface area contributed by atoms with Crippen LogP contribution in [-0.4, -0.2) is 45.2 Å². The summed E-state index contributed by atoms with van der Waals surface area (Å²) in [4.78, 5) is 31.3. The van der Waals surface area contributed by atoms with E-state index < -0.39 is 17.1 Å². The van der Waals surface area contributed by atoms with Crippen molar-refractivity contribution in [1.29, 1.82) is 0 Å². The van der Waals surface area contributed by atoms with E-state index in [1.165, 1.54) is 5.57 Å². The number of rotatable bonds is 9. The predicted molar refractivity (Wildman–Crippen MR) is 246 cm³/mol. The fourth-order valence-electron chi connectivity index (χ4n) is 10.0. The Bertz CT molecular complexity index is 2510. The molecule has 1 fully saturated rings. The number of benzene rings is 6. The number of urea groups is 1. The summed E-state index contributed by atoms with van der Waals surface area (Å²) in [6, 6.07) is 48.0. The predicted octanol–water partition coefficient (Wildman–Crippen LogP) is 11.7. The van der Waals surface area contributed by atoms with E-state index in [1.807, 2.05) is 109 Å². The molecule has 61 heavy (non-hydrogen) atoms. The fraction of sp³-hybridized carbons (Fsp3) is 0.309. The van der Waals surface area contributed by atoms with E-state index in [4.69, 9.17) is 0 Å². The minimum absolute atomic E-state index is 0.0709. The SMILES string of the molecule is CC1=CCCC2(C)C(CCC2(O)CN(Cc2cccc3ccccc23)C(=O)NC(C)c2ccccc2)c2ccc(cc2C(=O)c2ccc(-c3ccccc3)cc2)CC(O)CC1. The number of carbonyl (C=O) groups is 2. The molecule has 5 atom stereocenters. The molecule has 9 rings (SSSR count). The highest BCUT2D eigenvalue weighted by Crippen LogP contribution is 2.59. The molecule has 2 bridgehead atoms. The van der Waals surface area contributed by atoms with Gasteiger partial charge in [0.15, 0.2) is 5.78 Å². The van der Waals surface area contributed by atoms with Crippen LogP contribution in [0.3, 0.4) is 0 Å². The van der Waals surface area contributed by atoms with Gasteiger partial charge in [-0.3, -0.25) is 4.79 Å². The van der Waals surface area contributed by atoms with Gasteiger partial charge in [0.2, 0.25) is 0 Å². The van der Waals surface area contributed by atoms with E-state index in [1.54, 1.807) is 0 Å². The van der Waals surface area contributed by atoms with Crippen molar-refractivity contribution >= 4 is 22.6 Å². The summed E-state index contributed by atoms with van der Waals surface area (Å²) >= 11 is 0. The van der Waals surface area contributed by atoms with Crippen LogP contribution in [-0.2, 0) is 13.0 Å². The Balaban J connectivity index is 1.18. The fourth-order valence-corrected chi connectivity index (χ4v) is 10.0. The van der Waals surface area contributed by atoms with Crippen molar-refractivity contribution in [3.8, 4) is 11.1 Å². The molecule has 6 nitrogen and oxygen atoms in total. The first kappa shape index (κ1) is 41.9. The summed E-state index contributed by atoms with van der Waals surface area (Å²) < 4.78 is 0. The van der Waals surface area contributed by atoms with Gasteiger partial charge in [0.05, 0.1) is 24.3 Å². The lowest BCUT2D eigenvalue weighted by molar-refractivity contribution is -0.0780. The van der Waals surface area contributed by atoms with Gasteiger partial charge < -0.3 is 20.4 Å². The van der Waals surface area contributed by atoms with Crippen LogP contribution in [0.15, 0.2) is 157 Å². The minimum atomic E-state index is -1.29. The minimum Gasteiger partial charge on any atom is -0.393 e. The van der Waals surface area contributed by atoms with Gasteiger partial charge in [-0.25, -0.2) is 4.79 Å². The molecular weight excluding hydrogens is 753 g/mol. The Morgan fingerprint density at radius 2 is 1.49 bits per heavy atom. The molecule has 3 aliphatic rings. The first-order valence-corrected chi connectivity index (χ1v) is 22.0.